The highest BCUT2D eigenvalue weighted by atomic mass is 35.5. The van der Waals surface area contributed by atoms with Gasteiger partial charge in [0.2, 0.25) is 0 Å². The third-order valence-electron chi connectivity index (χ3n) is 3.19. The van der Waals surface area contributed by atoms with Crippen LogP contribution in [0.3, 0.4) is 0 Å². The molecule has 24 heavy (non-hydrogen) atoms. The van der Waals surface area contributed by atoms with Crippen molar-refractivity contribution in [3.8, 4) is 0 Å². The van der Waals surface area contributed by atoms with E-state index < -0.39 is 21.2 Å². The van der Waals surface area contributed by atoms with E-state index in [1.165, 1.54) is 26.2 Å². The number of aromatic nitrogens is 2. The third-order valence-corrected chi connectivity index (χ3v) is 5.50. The average Bonchev–Trinajstić information content (AvgIpc) is 2.93. The van der Waals surface area contributed by atoms with Crippen molar-refractivity contribution in [2.75, 3.05) is 19.8 Å². The molecule has 2 N–H and O–H groups in total. The van der Waals surface area contributed by atoms with Crippen LogP contribution in [0.5, 0.6) is 0 Å². The Morgan fingerprint density at radius 3 is 2.54 bits per heavy atom. The summed E-state index contributed by atoms with van der Waals surface area (Å²) in [6, 6.07) is 1.14. The van der Waals surface area contributed by atoms with Crippen LogP contribution >= 0.6 is 23.2 Å². The van der Waals surface area contributed by atoms with Crippen molar-refractivity contribution in [1.29, 1.82) is 0 Å². The molecule has 9 nitrogen and oxygen atoms in total. The van der Waals surface area contributed by atoms with Crippen LogP contribution in [0.15, 0.2) is 24.7 Å². The Morgan fingerprint density at radius 1 is 1.38 bits per heavy atom. The molecule has 1 aromatic heterocycles. The van der Waals surface area contributed by atoms with Gasteiger partial charge in [-0.15, -0.1) is 0 Å². The van der Waals surface area contributed by atoms with E-state index in [1.807, 2.05) is 0 Å². The fourth-order valence-electron chi connectivity index (χ4n) is 1.99. The van der Waals surface area contributed by atoms with Crippen molar-refractivity contribution in [3.63, 3.8) is 0 Å². The van der Waals surface area contributed by atoms with Gasteiger partial charge in [0, 0.05) is 24.0 Å². The molecule has 0 bridgehead atoms. The highest BCUT2D eigenvalue weighted by Crippen LogP contribution is 2.36. The quantitative estimate of drug-likeness (QED) is 0.468. The van der Waals surface area contributed by atoms with Crippen molar-refractivity contribution in [2.24, 2.45) is 0 Å². The van der Waals surface area contributed by atoms with Gasteiger partial charge in [-0.05, 0) is 12.1 Å². The van der Waals surface area contributed by atoms with Crippen LogP contribution < -0.4 is 5.73 Å². The summed E-state index contributed by atoms with van der Waals surface area (Å²) in [4.78, 5) is 14.7. The van der Waals surface area contributed by atoms with Crippen LogP contribution in [-0.2, 0) is 10.2 Å². The second-order valence-corrected chi connectivity index (χ2v) is 7.87. The number of nitro groups is 1. The molecule has 1 heterocycles. The smallest absolute Gasteiger partial charge is 0.308 e. The predicted octanol–water partition coefficient (Wildman–Crippen LogP) is 1.79. The van der Waals surface area contributed by atoms with Gasteiger partial charge in [-0.25, -0.2) is 8.96 Å². The Morgan fingerprint density at radius 2 is 2.00 bits per heavy atom. The van der Waals surface area contributed by atoms with Gasteiger partial charge in [-0.1, -0.05) is 23.2 Å². The second kappa shape index (κ2) is 6.55. The maximum Gasteiger partial charge on any atom is 0.308 e. The number of rotatable bonds is 5. The molecule has 1 atom stereocenters. The van der Waals surface area contributed by atoms with E-state index in [9.17, 15) is 18.5 Å². The van der Waals surface area contributed by atoms with Crippen molar-refractivity contribution in [1.82, 2.24) is 13.3 Å². The molecule has 12 heteroatoms. The van der Waals surface area contributed by atoms with Gasteiger partial charge in [-0.3, -0.25) is 10.1 Å². The second-order valence-electron chi connectivity index (χ2n) is 5.00. The minimum Gasteiger partial charge on any atom is -0.397 e. The number of imidazole rings is 1. The van der Waals surface area contributed by atoms with Crippen LogP contribution in [0, 0.1) is 10.1 Å². The van der Waals surface area contributed by atoms with Crippen LogP contribution in [0.25, 0.3) is 0 Å². The number of hydrogen-bond acceptors (Lipinski definition) is 6. The Labute approximate surface area is 147 Å². The molecular weight excluding hydrogens is 381 g/mol. The lowest BCUT2D eigenvalue weighted by atomic mass is 10.0. The lowest BCUT2D eigenvalue weighted by molar-refractivity contribution is -0.518. The lowest BCUT2D eigenvalue weighted by Crippen LogP contribution is -2.27. The average molecular weight is 394 g/mol. The normalized spacial score (nSPS) is 13.2. The molecule has 0 spiro atoms. The predicted molar refractivity (Wildman–Crippen MR) is 89.9 cm³/mol. The molecule has 2 aromatic rings. The molecule has 1 aromatic carbocycles. The van der Waals surface area contributed by atoms with Crippen molar-refractivity contribution in [2.45, 2.75) is 6.04 Å². The standard InChI is InChI=1S/C12H13Cl2N5O4S/c1-17(2)24(22,23)18-5-10(16-6-18)12(19(20)21)8-3-7(13)4-9(15)11(8)14/h3-6,12H,15H2,1-2H3. The lowest BCUT2D eigenvalue weighted by Gasteiger charge is -2.12. The summed E-state index contributed by atoms with van der Waals surface area (Å²) in [7, 11) is -1.19. The molecule has 0 saturated carbocycles. The van der Waals surface area contributed by atoms with Crippen LogP contribution in [0.1, 0.15) is 17.3 Å². The number of nitrogens with two attached hydrogens (primary N) is 1. The summed E-state index contributed by atoms with van der Waals surface area (Å²) in [5, 5.41) is 11.7. The Balaban J connectivity index is 2.60. The Hall–Kier alpha value is -1.88. The molecule has 2 rings (SSSR count). The third kappa shape index (κ3) is 3.31. The first kappa shape index (κ1) is 18.5. The van der Waals surface area contributed by atoms with Gasteiger partial charge in [0.15, 0.2) is 0 Å². The van der Waals surface area contributed by atoms with Gasteiger partial charge >= 0.3 is 10.2 Å². The first-order valence-electron chi connectivity index (χ1n) is 6.40. The molecule has 0 radical (unpaired) electrons. The van der Waals surface area contributed by atoms with Gasteiger partial charge in [0.25, 0.3) is 6.04 Å². The SMILES string of the molecule is CN(C)S(=O)(=O)n1cnc(C(c2cc(Cl)cc(N)c2Cl)[N+](=O)[O-])c1. The molecule has 0 amide bonds. The fourth-order valence-corrected chi connectivity index (χ4v) is 3.22. The van der Waals surface area contributed by atoms with Crippen LogP contribution in [0.2, 0.25) is 10.0 Å². The van der Waals surface area contributed by atoms with Crippen LogP contribution in [-0.4, -0.2) is 40.7 Å². The number of anilines is 1. The molecule has 0 aliphatic heterocycles. The molecule has 0 fully saturated rings. The fraction of sp³-hybridized carbons (Fsp3) is 0.250. The number of hydrogen-bond donors (Lipinski definition) is 1. The molecule has 1 unspecified atom stereocenters. The minimum absolute atomic E-state index is 0.0270. The molecule has 0 aliphatic rings. The van der Waals surface area contributed by atoms with E-state index in [2.05, 4.69) is 4.98 Å². The van der Waals surface area contributed by atoms with Gasteiger partial charge in [-0.2, -0.15) is 12.7 Å². The largest absolute Gasteiger partial charge is 0.397 e. The van der Waals surface area contributed by atoms with Crippen LogP contribution in [0.4, 0.5) is 5.69 Å². The molecule has 0 saturated heterocycles. The van der Waals surface area contributed by atoms with E-state index in [4.69, 9.17) is 28.9 Å². The summed E-state index contributed by atoms with van der Waals surface area (Å²) < 4.78 is 25.8. The number of halogens is 2. The summed E-state index contributed by atoms with van der Waals surface area (Å²) in [5.74, 6) is 0. The summed E-state index contributed by atoms with van der Waals surface area (Å²) >= 11 is 11.9. The highest BCUT2D eigenvalue weighted by Gasteiger charge is 2.32. The van der Waals surface area contributed by atoms with Gasteiger partial charge < -0.3 is 5.73 Å². The minimum atomic E-state index is -3.84. The zero-order chi connectivity index (χ0) is 18.2. The topological polar surface area (TPSA) is 124 Å². The monoisotopic (exact) mass is 393 g/mol. The maximum atomic E-state index is 12.1. The summed E-state index contributed by atoms with van der Waals surface area (Å²) in [6.45, 7) is 0. The molecular formula is C12H13Cl2N5O4S. The van der Waals surface area contributed by atoms with E-state index in [0.29, 0.717) is 0 Å². The van der Waals surface area contributed by atoms with E-state index >= 15 is 0 Å². The molecule has 130 valence electrons. The number of nitrogen functional groups attached to an aromatic ring is 1. The van der Waals surface area contributed by atoms with E-state index in [1.54, 1.807) is 0 Å². The van der Waals surface area contributed by atoms with Gasteiger partial charge in [0.1, 0.15) is 12.0 Å². The summed E-state index contributed by atoms with van der Waals surface area (Å²) in [5.41, 5.74) is 5.67. The Bertz CT molecular complexity index is 897. The first-order chi connectivity index (χ1) is 11.1. The van der Waals surface area contributed by atoms with E-state index in [-0.39, 0.29) is 27.0 Å². The Kier molecular flexibility index (Phi) is 5.04. The first-order valence-corrected chi connectivity index (χ1v) is 8.55. The highest BCUT2D eigenvalue weighted by molar-refractivity contribution is 7.87. The van der Waals surface area contributed by atoms with Crippen molar-refractivity contribution < 1.29 is 13.3 Å². The number of nitrogens with zero attached hydrogens (tertiary/aromatic N) is 4. The summed E-state index contributed by atoms with van der Waals surface area (Å²) in [6.07, 6.45) is 2.03. The zero-order valence-electron chi connectivity index (χ0n) is 12.6. The molecule has 0 aliphatic carbocycles. The maximum absolute atomic E-state index is 12.1. The van der Waals surface area contributed by atoms with Gasteiger partial charge in [0.05, 0.1) is 22.5 Å². The zero-order valence-corrected chi connectivity index (χ0v) is 14.9. The van der Waals surface area contributed by atoms with E-state index in [0.717, 1.165) is 20.8 Å². The van der Waals surface area contributed by atoms with Crippen molar-refractivity contribution in [3.05, 3.63) is 56.1 Å². The van der Waals surface area contributed by atoms with Crippen molar-refractivity contribution >= 4 is 39.1 Å². The number of benzene rings is 1.